The Morgan fingerprint density at radius 1 is 1.18 bits per heavy atom. The van der Waals surface area contributed by atoms with Gasteiger partial charge in [0.05, 0.1) is 22.2 Å². The van der Waals surface area contributed by atoms with Crippen molar-refractivity contribution in [1.29, 1.82) is 0 Å². The molecule has 0 aromatic heterocycles. The number of nitro benzene ring substituents is 1. The van der Waals surface area contributed by atoms with E-state index in [0.29, 0.717) is 0 Å². The van der Waals surface area contributed by atoms with Crippen LogP contribution in [-0.4, -0.2) is 28.7 Å². The number of amides is 1. The summed E-state index contributed by atoms with van der Waals surface area (Å²) in [6.07, 6.45) is 1.14. The molecule has 142 valence electrons. The van der Waals surface area contributed by atoms with Crippen LogP contribution in [-0.2, 0) is 4.79 Å². The molecule has 0 spiro atoms. The van der Waals surface area contributed by atoms with Crippen molar-refractivity contribution in [3.8, 4) is 5.75 Å². The summed E-state index contributed by atoms with van der Waals surface area (Å²) in [5.74, 6) is -0.619. The van der Waals surface area contributed by atoms with E-state index in [9.17, 15) is 20.0 Å². The number of hydrogen-bond acceptors (Lipinski definition) is 6. The lowest BCUT2D eigenvalue weighted by atomic mass is 10.1. The Balaban J connectivity index is 1.60. The van der Waals surface area contributed by atoms with E-state index in [1.807, 2.05) is 42.5 Å². The smallest absolute Gasteiger partial charge is 0.271 e. The van der Waals surface area contributed by atoms with E-state index in [4.69, 9.17) is 0 Å². The molecular formula is C19H15BrN4O4. The zero-order valence-electron chi connectivity index (χ0n) is 14.4. The number of nitro groups is 1. The van der Waals surface area contributed by atoms with Crippen LogP contribution in [0.25, 0.3) is 10.8 Å². The number of nitrogens with zero attached hydrogens (tertiary/aromatic N) is 2. The molecule has 0 unspecified atom stereocenters. The Morgan fingerprint density at radius 2 is 1.93 bits per heavy atom. The highest BCUT2D eigenvalue weighted by molar-refractivity contribution is 9.10. The summed E-state index contributed by atoms with van der Waals surface area (Å²) in [6, 6.07) is 16.0. The molecular weight excluding hydrogens is 428 g/mol. The number of phenolic OH excluding ortho intramolecular Hbond substituents is 1. The van der Waals surface area contributed by atoms with E-state index in [2.05, 4.69) is 31.8 Å². The van der Waals surface area contributed by atoms with Crippen LogP contribution in [0.5, 0.6) is 5.75 Å². The minimum atomic E-state index is -0.590. The molecule has 8 nitrogen and oxygen atoms in total. The Bertz CT molecular complexity index is 1080. The fraction of sp³-hybridized carbons (Fsp3) is 0.0526. The van der Waals surface area contributed by atoms with Crippen molar-refractivity contribution >= 4 is 50.2 Å². The summed E-state index contributed by atoms with van der Waals surface area (Å²) < 4.78 is 0.160. The molecule has 9 heteroatoms. The van der Waals surface area contributed by atoms with Crippen molar-refractivity contribution in [3.63, 3.8) is 0 Å². The molecule has 0 aliphatic heterocycles. The second kappa shape index (κ2) is 8.49. The van der Waals surface area contributed by atoms with E-state index >= 15 is 0 Å². The first-order chi connectivity index (χ1) is 13.4. The van der Waals surface area contributed by atoms with Gasteiger partial charge < -0.3 is 10.4 Å². The zero-order valence-corrected chi connectivity index (χ0v) is 16.0. The molecule has 0 saturated heterocycles. The first-order valence-electron chi connectivity index (χ1n) is 8.15. The third-order valence-corrected chi connectivity index (χ3v) is 4.49. The minimum Gasteiger partial charge on any atom is -0.506 e. The summed E-state index contributed by atoms with van der Waals surface area (Å²) >= 11 is 3.04. The summed E-state index contributed by atoms with van der Waals surface area (Å²) in [5.41, 5.74) is 2.98. The maximum Gasteiger partial charge on any atom is 0.271 e. The van der Waals surface area contributed by atoms with Crippen LogP contribution in [0, 0.1) is 10.1 Å². The zero-order chi connectivity index (χ0) is 20.1. The lowest BCUT2D eigenvalue weighted by molar-refractivity contribution is -0.385. The summed E-state index contributed by atoms with van der Waals surface area (Å²) in [7, 11) is 0. The second-order valence-corrected chi connectivity index (χ2v) is 6.69. The van der Waals surface area contributed by atoms with Gasteiger partial charge in [-0.15, -0.1) is 0 Å². The highest BCUT2D eigenvalue weighted by atomic mass is 79.9. The molecule has 0 radical (unpaired) electrons. The Kier molecular flexibility index (Phi) is 5.85. The van der Waals surface area contributed by atoms with E-state index in [-0.39, 0.29) is 28.0 Å². The van der Waals surface area contributed by atoms with Gasteiger partial charge in [0, 0.05) is 23.4 Å². The number of fused-ring (bicyclic) bond motifs is 1. The minimum absolute atomic E-state index is 0.0136. The predicted octanol–water partition coefficient (Wildman–Crippen LogP) is 3.78. The number of rotatable bonds is 6. The SMILES string of the molecule is O=C(CNc1ccc2ccccc2c1)N/N=C/c1cc([N+](=O)[O-])cc(Br)c1O. The van der Waals surface area contributed by atoms with Crippen LogP contribution >= 0.6 is 15.9 Å². The molecule has 0 saturated carbocycles. The van der Waals surface area contributed by atoms with Crippen molar-refractivity contribution in [2.75, 3.05) is 11.9 Å². The van der Waals surface area contributed by atoms with Gasteiger partial charge in [0.25, 0.3) is 11.6 Å². The molecule has 0 bridgehead atoms. The van der Waals surface area contributed by atoms with Crippen LogP contribution in [0.3, 0.4) is 0 Å². The van der Waals surface area contributed by atoms with Gasteiger partial charge >= 0.3 is 0 Å². The first-order valence-corrected chi connectivity index (χ1v) is 8.95. The summed E-state index contributed by atoms with van der Waals surface area (Å²) in [6.45, 7) is -0.0136. The maximum atomic E-state index is 11.9. The van der Waals surface area contributed by atoms with Crippen molar-refractivity contribution in [2.24, 2.45) is 5.10 Å². The van der Waals surface area contributed by atoms with Crippen molar-refractivity contribution in [1.82, 2.24) is 5.43 Å². The second-order valence-electron chi connectivity index (χ2n) is 5.83. The normalized spacial score (nSPS) is 10.9. The number of phenols is 1. The average molecular weight is 443 g/mol. The van der Waals surface area contributed by atoms with Gasteiger partial charge in [-0.2, -0.15) is 5.10 Å². The third-order valence-electron chi connectivity index (χ3n) is 3.88. The first kappa shape index (κ1) is 19.3. The number of hydrogen-bond donors (Lipinski definition) is 3. The van der Waals surface area contributed by atoms with Crippen molar-refractivity contribution in [3.05, 3.63) is 74.7 Å². The monoisotopic (exact) mass is 442 g/mol. The van der Waals surface area contributed by atoms with E-state index in [1.54, 1.807) is 0 Å². The average Bonchev–Trinajstić information content (AvgIpc) is 2.69. The molecule has 1 amide bonds. The molecule has 3 aromatic carbocycles. The molecule has 0 aliphatic carbocycles. The van der Waals surface area contributed by atoms with Gasteiger partial charge in [-0.25, -0.2) is 5.43 Å². The third kappa shape index (κ3) is 4.63. The standard InChI is InChI=1S/C19H15BrN4O4/c20-17-9-16(24(27)28)8-14(19(17)26)10-22-23-18(25)11-21-15-6-5-12-3-1-2-4-13(12)7-15/h1-10,21,26H,11H2,(H,23,25)/b22-10+. The Labute approximate surface area is 168 Å². The van der Waals surface area contributed by atoms with E-state index in [1.165, 1.54) is 6.07 Å². The highest BCUT2D eigenvalue weighted by Gasteiger charge is 2.13. The number of aromatic hydroxyl groups is 1. The van der Waals surface area contributed by atoms with Crippen LogP contribution in [0.15, 0.2) is 64.2 Å². The molecule has 28 heavy (non-hydrogen) atoms. The fourth-order valence-electron chi connectivity index (χ4n) is 2.50. The maximum absolute atomic E-state index is 11.9. The van der Waals surface area contributed by atoms with Gasteiger partial charge in [0.15, 0.2) is 0 Å². The van der Waals surface area contributed by atoms with Gasteiger partial charge in [0.1, 0.15) is 5.75 Å². The Hall–Kier alpha value is -3.46. The van der Waals surface area contributed by atoms with E-state index in [0.717, 1.165) is 28.7 Å². The van der Waals surface area contributed by atoms with Crippen LogP contribution < -0.4 is 10.7 Å². The van der Waals surface area contributed by atoms with Crippen LogP contribution in [0.4, 0.5) is 11.4 Å². The number of halogens is 1. The molecule has 3 aromatic rings. The fourth-order valence-corrected chi connectivity index (χ4v) is 2.97. The van der Waals surface area contributed by atoms with Crippen LogP contribution in [0.1, 0.15) is 5.56 Å². The van der Waals surface area contributed by atoms with Crippen LogP contribution in [0.2, 0.25) is 0 Å². The quantitative estimate of drug-likeness (QED) is 0.305. The molecule has 0 heterocycles. The van der Waals surface area contributed by atoms with Crippen molar-refractivity contribution < 1.29 is 14.8 Å². The number of hydrazone groups is 1. The number of nitrogens with one attached hydrogen (secondary N) is 2. The summed E-state index contributed by atoms with van der Waals surface area (Å²) in [5, 5.41) is 29.7. The summed E-state index contributed by atoms with van der Waals surface area (Å²) in [4.78, 5) is 22.2. The van der Waals surface area contributed by atoms with Gasteiger partial charge in [-0.1, -0.05) is 30.3 Å². The molecule has 3 rings (SSSR count). The molecule has 0 atom stereocenters. The van der Waals surface area contributed by atoms with E-state index < -0.39 is 10.8 Å². The van der Waals surface area contributed by atoms with Gasteiger partial charge in [-0.3, -0.25) is 14.9 Å². The topological polar surface area (TPSA) is 117 Å². The number of carbonyl (C=O) groups excluding carboxylic acids is 1. The largest absolute Gasteiger partial charge is 0.506 e. The van der Waals surface area contributed by atoms with Gasteiger partial charge in [-0.05, 0) is 38.8 Å². The predicted molar refractivity (Wildman–Crippen MR) is 111 cm³/mol. The number of non-ortho nitro benzene ring substituents is 1. The number of carbonyl (C=O) groups is 1. The molecule has 0 aliphatic rings. The lowest BCUT2D eigenvalue weighted by Crippen LogP contribution is -2.25. The van der Waals surface area contributed by atoms with Crippen molar-refractivity contribution in [2.45, 2.75) is 0 Å². The molecule has 3 N–H and O–H groups in total. The molecule has 0 fully saturated rings. The Morgan fingerprint density at radius 3 is 2.68 bits per heavy atom. The number of benzene rings is 3. The highest BCUT2D eigenvalue weighted by Crippen LogP contribution is 2.31. The number of anilines is 1. The lowest BCUT2D eigenvalue weighted by Gasteiger charge is -2.07. The van der Waals surface area contributed by atoms with Gasteiger partial charge in [0.2, 0.25) is 0 Å².